The van der Waals surface area contributed by atoms with Crippen LogP contribution in [0.25, 0.3) is 198 Å². The van der Waals surface area contributed by atoms with Crippen molar-refractivity contribution in [1.82, 2.24) is 18.3 Å². The van der Waals surface area contributed by atoms with Crippen molar-refractivity contribution in [2.75, 3.05) is 0 Å². The van der Waals surface area contributed by atoms with Gasteiger partial charge in [-0.1, -0.05) is 267 Å². The summed E-state index contributed by atoms with van der Waals surface area (Å²) in [6, 6.07) is 142. The summed E-state index contributed by atoms with van der Waals surface area (Å²) in [6.45, 7) is 0. The van der Waals surface area contributed by atoms with Gasteiger partial charge in [0, 0.05) is 65.8 Å². The molecule has 0 atom stereocenters. The van der Waals surface area contributed by atoms with Gasteiger partial charge in [0.25, 0.3) is 0 Å². The Labute approximate surface area is 600 Å². The van der Waals surface area contributed by atoms with Gasteiger partial charge in [-0.2, -0.15) is 0 Å². The molecule has 0 saturated carbocycles. The molecule has 0 aliphatic rings. The van der Waals surface area contributed by atoms with Gasteiger partial charge in [0.1, 0.15) is 0 Å². The summed E-state index contributed by atoms with van der Waals surface area (Å²) in [5, 5.41) is 20.2. The van der Waals surface area contributed by atoms with Crippen molar-refractivity contribution >= 4 is 130 Å². The van der Waals surface area contributed by atoms with E-state index in [2.05, 4.69) is 407 Å². The van der Waals surface area contributed by atoms with E-state index in [0.717, 1.165) is 0 Å². The van der Waals surface area contributed by atoms with Gasteiger partial charge in [-0.15, -0.1) is 0 Å². The fourth-order valence-electron chi connectivity index (χ4n) is 16.8. The second kappa shape index (κ2) is 24.0. The molecule has 0 radical (unpaired) electrons. The monoisotopic (exact) mass is 1320 g/mol. The number of nitrogens with zero attached hydrogens (tertiary/aromatic N) is 4. The normalized spacial score (nSPS) is 11.8. The number of rotatable bonds is 8. The van der Waals surface area contributed by atoms with Gasteiger partial charge in [-0.25, -0.2) is 0 Å². The van der Waals surface area contributed by atoms with E-state index in [9.17, 15) is 0 Å². The molecule has 4 heteroatoms. The molecular weight excluding hydrogens is 1260 g/mol. The third-order valence-electron chi connectivity index (χ3n) is 21.8. The lowest BCUT2D eigenvalue weighted by molar-refractivity contribution is 1.18. The predicted octanol–water partition coefficient (Wildman–Crippen LogP) is 27.0. The van der Waals surface area contributed by atoms with Crippen LogP contribution in [0.15, 0.2) is 388 Å². The Morgan fingerprint density at radius 2 is 0.385 bits per heavy atom. The Bertz CT molecular complexity index is 6990. The predicted molar refractivity (Wildman–Crippen MR) is 442 cm³/mol. The van der Waals surface area contributed by atoms with Crippen molar-refractivity contribution in [3.05, 3.63) is 388 Å². The van der Waals surface area contributed by atoms with Crippen molar-refractivity contribution < 1.29 is 0 Å². The molecular formula is C100H64N4. The molecule has 0 amide bonds. The van der Waals surface area contributed by atoms with Crippen molar-refractivity contribution in [2.45, 2.75) is 0 Å². The van der Waals surface area contributed by atoms with Crippen LogP contribution in [0.3, 0.4) is 0 Å². The molecule has 22 rings (SSSR count). The number of benzene rings is 18. The van der Waals surface area contributed by atoms with Crippen LogP contribution in [0.5, 0.6) is 0 Å². The number of fused-ring (bicyclic) bond motifs is 17. The van der Waals surface area contributed by atoms with Crippen molar-refractivity contribution in [3.8, 4) is 67.3 Å². The van der Waals surface area contributed by atoms with Crippen LogP contribution < -0.4 is 0 Å². The Hall–Kier alpha value is -13.8. The van der Waals surface area contributed by atoms with E-state index in [4.69, 9.17) is 0 Å². The summed E-state index contributed by atoms with van der Waals surface area (Å²) in [4.78, 5) is 0. The van der Waals surface area contributed by atoms with Crippen molar-refractivity contribution in [2.24, 2.45) is 0 Å². The number of hydrogen-bond donors (Lipinski definition) is 0. The summed E-state index contributed by atoms with van der Waals surface area (Å²) >= 11 is 0. The summed E-state index contributed by atoms with van der Waals surface area (Å²) in [5.41, 5.74) is 24.2. The topological polar surface area (TPSA) is 19.7 Å². The molecule has 0 N–H and O–H groups in total. The highest BCUT2D eigenvalue weighted by molar-refractivity contribution is 6.22. The Morgan fingerprint density at radius 1 is 0.125 bits per heavy atom. The van der Waals surface area contributed by atoms with Crippen LogP contribution in [0.2, 0.25) is 0 Å². The van der Waals surface area contributed by atoms with Gasteiger partial charge >= 0.3 is 0 Å². The minimum absolute atomic E-state index is 1.17. The Kier molecular flexibility index (Phi) is 13.6. The highest BCUT2D eigenvalue weighted by Crippen LogP contribution is 2.43. The maximum atomic E-state index is 2.40. The molecule has 4 heterocycles. The van der Waals surface area contributed by atoms with Gasteiger partial charge in [0.15, 0.2) is 0 Å². The van der Waals surface area contributed by atoms with E-state index in [-0.39, 0.29) is 0 Å². The first-order chi connectivity index (χ1) is 51.5. The van der Waals surface area contributed by atoms with Crippen molar-refractivity contribution in [1.29, 1.82) is 0 Å². The van der Waals surface area contributed by atoms with Gasteiger partial charge in [-0.3, -0.25) is 0 Å². The molecule has 18 aromatic carbocycles. The molecule has 0 saturated heterocycles. The SMILES string of the molecule is c1ccc(-n2c3ccc(-c4ccc(-c5ccc6c(c5)c5ccccc5n6-c5ccc6ccccc6c5)cc4)cc3c3c4ccccc4ccc32)cc1.c1ccc2cc(-n3c4ccccc4c4cc(-c5ccc(-c6ccc7c(c6)c6ccccc6n7-c6ccc7ccccc7c6)cc5)ccc43)ccc2c1. The molecule has 0 bridgehead atoms. The summed E-state index contributed by atoms with van der Waals surface area (Å²) in [5.74, 6) is 0. The van der Waals surface area contributed by atoms with Crippen LogP contribution >= 0.6 is 0 Å². The van der Waals surface area contributed by atoms with Crippen molar-refractivity contribution in [3.63, 3.8) is 0 Å². The second-order valence-electron chi connectivity index (χ2n) is 27.6. The average molecular weight is 1320 g/mol. The van der Waals surface area contributed by atoms with E-state index >= 15 is 0 Å². The number of hydrogen-bond acceptors (Lipinski definition) is 0. The van der Waals surface area contributed by atoms with E-state index in [1.807, 2.05) is 0 Å². The third kappa shape index (κ3) is 9.68. The van der Waals surface area contributed by atoms with E-state index in [0.29, 0.717) is 0 Å². The van der Waals surface area contributed by atoms with Gasteiger partial charge in [0.2, 0.25) is 0 Å². The maximum Gasteiger partial charge on any atom is 0.0547 e. The minimum atomic E-state index is 1.17. The van der Waals surface area contributed by atoms with Gasteiger partial charge < -0.3 is 18.3 Å². The fraction of sp³-hybridized carbons (Fsp3) is 0. The lowest BCUT2D eigenvalue weighted by Crippen LogP contribution is -1.93. The maximum absolute atomic E-state index is 2.40. The van der Waals surface area contributed by atoms with Crippen LogP contribution in [-0.2, 0) is 0 Å². The highest BCUT2D eigenvalue weighted by atomic mass is 15.0. The van der Waals surface area contributed by atoms with E-state index in [1.54, 1.807) is 0 Å². The van der Waals surface area contributed by atoms with E-state index in [1.165, 1.54) is 198 Å². The zero-order valence-corrected chi connectivity index (χ0v) is 56.7. The lowest BCUT2D eigenvalue weighted by Gasteiger charge is -2.10. The van der Waals surface area contributed by atoms with Crippen LogP contribution in [0.1, 0.15) is 0 Å². The van der Waals surface area contributed by atoms with Crippen LogP contribution in [-0.4, -0.2) is 18.3 Å². The molecule has 0 unspecified atom stereocenters. The first-order valence-corrected chi connectivity index (χ1v) is 35.9. The summed E-state index contributed by atoms with van der Waals surface area (Å²) < 4.78 is 9.60. The van der Waals surface area contributed by atoms with Crippen LogP contribution in [0, 0.1) is 0 Å². The van der Waals surface area contributed by atoms with E-state index < -0.39 is 0 Å². The Morgan fingerprint density at radius 3 is 0.769 bits per heavy atom. The average Bonchev–Trinajstić information content (AvgIpc) is 1.58. The molecule has 22 aromatic rings. The van der Waals surface area contributed by atoms with Gasteiger partial charge in [-0.05, 0) is 209 Å². The Balaban J connectivity index is 0.000000134. The quantitative estimate of drug-likeness (QED) is 0.144. The molecule has 4 aromatic heterocycles. The smallest absolute Gasteiger partial charge is 0.0547 e. The lowest BCUT2D eigenvalue weighted by atomic mass is 9.97. The summed E-state index contributed by atoms with van der Waals surface area (Å²) in [7, 11) is 0. The third-order valence-corrected chi connectivity index (χ3v) is 21.8. The zero-order valence-electron chi connectivity index (χ0n) is 56.7. The number of para-hydroxylation sites is 4. The molecule has 104 heavy (non-hydrogen) atoms. The summed E-state index contributed by atoms with van der Waals surface area (Å²) in [6.07, 6.45) is 0. The number of aromatic nitrogens is 4. The second-order valence-corrected chi connectivity index (χ2v) is 27.6. The minimum Gasteiger partial charge on any atom is -0.309 e. The standard InChI is InChI=1S/2C50H32N2/c1-3-11-37-29-41(25-21-33(37)9-1)51-47-15-7-5-13-43(47)45-31-39(23-27-49(45)51)35-17-19-36(20-18-35)40-24-28-50-46(32-40)44-14-6-8-16-48(44)52(50)42-26-22-34-10-2-4-12-38(34)30-42;1-2-13-40(14-3-1)51-48-28-25-39(32-45(48)50-42-15-7-6-11-36(42)23-29-49(50)51)35-20-18-34(19-21-35)38-24-27-47-44(31-38)43-16-8-9-17-46(43)52(47)41-26-22-33-10-4-5-12-37(33)30-41/h2*1-32H. The molecule has 0 fully saturated rings. The fourth-order valence-corrected chi connectivity index (χ4v) is 16.8. The molecule has 0 aliphatic carbocycles. The first-order valence-electron chi connectivity index (χ1n) is 35.9. The molecule has 0 spiro atoms. The highest BCUT2D eigenvalue weighted by Gasteiger charge is 2.20. The molecule has 4 nitrogen and oxygen atoms in total. The first kappa shape index (κ1) is 59.1. The zero-order chi connectivity index (χ0) is 68.3. The van der Waals surface area contributed by atoms with Crippen LogP contribution in [0.4, 0.5) is 0 Å². The van der Waals surface area contributed by atoms with Gasteiger partial charge in [0.05, 0.1) is 44.1 Å². The molecule has 0 aliphatic heterocycles. The largest absolute Gasteiger partial charge is 0.309 e. The molecule has 484 valence electrons.